The van der Waals surface area contributed by atoms with Crippen LogP contribution in [0.1, 0.15) is 27.2 Å². The number of hydrogen-bond acceptors (Lipinski definition) is 7. The first-order valence-electron chi connectivity index (χ1n) is 11.7. The lowest BCUT2D eigenvalue weighted by atomic mass is 10.1. The van der Waals surface area contributed by atoms with E-state index in [0.717, 1.165) is 21.3 Å². The minimum atomic E-state index is -3.81. The second-order valence-electron chi connectivity index (χ2n) is 8.73. The highest BCUT2D eigenvalue weighted by Gasteiger charge is 2.23. The highest BCUT2D eigenvalue weighted by atomic mass is 32.2. The number of sulfonamides is 1. The highest BCUT2D eigenvalue weighted by Crippen LogP contribution is 2.33. The number of nitrogens with zero attached hydrogens (tertiary/aromatic N) is 2. The Bertz CT molecular complexity index is 1650. The van der Waals surface area contributed by atoms with Crippen LogP contribution in [0.4, 0.5) is 10.8 Å². The van der Waals surface area contributed by atoms with Crippen LogP contribution in [0.25, 0.3) is 10.2 Å². The molecule has 0 spiro atoms. The van der Waals surface area contributed by atoms with Gasteiger partial charge in [-0.15, -0.1) is 0 Å². The first-order chi connectivity index (χ1) is 18.2. The van der Waals surface area contributed by atoms with Crippen molar-refractivity contribution in [2.75, 3.05) is 16.7 Å². The van der Waals surface area contributed by atoms with Gasteiger partial charge in [-0.2, -0.15) is 0 Å². The molecule has 0 radical (unpaired) electrons. The quantitative estimate of drug-likeness (QED) is 0.250. The van der Waals surface area contributed by atoms with E-state index >= 15 is 0 Å². The summed E-state index contributed by atoms with van der Waals surface area (Å²) in [6.07, 6.45) is 1.56. The molecule has 0 saturated heterocycles. The van der Waals surface area contributed by atoms with Crippen molar-refractivity contribution in [3.63, 3.8) is 0 Å². The number of aryl methyl sites for hydroxylation is 2. The zero-order valence-electron chi connectivity index (χ0n) is 21.0. The molecule has 0 aliphatic heterocycles. The molecular formula is C28H25N3O5S2. The van der Waals surface area contributed by atoms with Gasteiger partial charge in [-0.1, -0.05) is 11.3 Å². The summed E-state index contributed by atoms with van der Waals surface area (Å²) < 4.78 is 39.7. The van der Waals surface area contributed by atoms with E-state index in [1.807, 2.05) is 19.9 Å². The van der Waals surface area contributed by atoms with Crippen LogP contribution in [-0.2, 0) is 16.6 Å². The van der Waals surface area contributed by atoms with Crippen LogP contribution >= 0.6 is 11.3 Å². The molecule has 2 heterocycles. The Morgan fingerprint density at radius 3 is 2.39 bits per heavy atom. The van der Waals surface area contributed by atoms with E-state index in [2.05, 4.69) is 10.8 Å². The van der Waals surface area contributed by atoms with Crippen molar-refractivity contribution in [3.8, 4) is 5.75 Å². The summed E-state index contributed by atoms with van der Waals surface area (Å²) in [5, 5.41) is 0.552. The smallest absolute Gasteiger partial charge is 0.261 e. The molecule has 2 aromatic heterocycles. The van der Waals surface area contributed by atoms with Crippen LogP contribution in [0.2, 0.25) is 0 Å². The Balaban J connectivity index is 1.41. The minimum Gasteiger partial charge on any atom is -0.497 e. The van der Waals surface area contributed by atoms with E-state index in [1.165, 1.54) is 30.6 Å². The van der Waals surface area contributed by atoms with E-state index in [-0.39, 0.29) is 17.3 Å². The first-order valence-corrected chi connectivity index (χ1v) is 14.0. The third kappa shape index (κ3) is 5.27. The summed E-state index contributed by atoms with van der Waals surface area (Å²) in [4.78, 5) is 20.1. The van der Waals surface area contributed by atoms with Gasteiger partial charge in [-0.05, 0) is 97.8 Å². The fourth-order valence-corrected chi connectivity index (χ4v) is 5.98. The number of ether oxygens (including phenoxy) is 1. The van der Waals surface area contributed by atoms with Crippen LogP contribution in [0.3, 0.4) is 0 Å². The summed E-state index contributed by atoms with van der Waals surface area (Å²) in [7, 11) is -2.30. The van der Waals surface area contributed by atoms with E-state index in [1.54, 1.807) is 59.7 Å². The Labute approximate surface area is 224 Å². The maximum atomic E-state index is 13.7. The normalized spacial score (nSPS) is 11.4. The predicted molar refractivity (Wildman–Crippen MR) is 149 cm³/mol. The van der Waals surface area contributed by atoms with Crippen molar-refractivity contribution in [3.05, 3.63) is 102 Å². The lowest BCUT2D eigenvalue weighted by Crippen LogP contribution is -2.30. The third-order valence-electron chi connectivity index (χ3n) is 6.12. The van der Waals surface area contributed by atoms with Crippen LogP contribution in [0, 0.1) is 13.8 Å². The summed E-state index contributed by atoms with van der Waals surface area (Å²) >= 11 is 1.44. The summed E-state index contributed by atoms with van der Waals surface area (Å²) in [6, 6.07) is 20.0. The van der Waals surface area contributed by atoms with Crippen molar-refractivity contribution in [1.29, 1.82) is 0 Å². The topological polar surface area (TPSA) is 102 Å². The SMILES string of the molecule is COc1ccc(S(=O)(=O)Nc2ccc(C(=O)N(Cc3ccco3)c3nc4cc(C)c(C)cc4s3)cc2)cc1. The van der Waals surface area contributed by atoms with Crippen molar-refractivity contribution < 1.29 is 22.4 Å². The van der Waals surface area contributed by atoms with Gasteiger partial charge in [0.15, 0.2) is 5.13 Å². The molecule has 1 amide bonds. The second kappa shape index (κ2) is 10.3. The molecule has 8 nitrogen and oxygen atoms in total. The van der Waals surface area contributed by atoms with Crippen molar-refractivity contribution >= 4 is 48.3 Å². The number of methoxy groups -OCH3 is 1. The standard InChI is InChI=1S/C28H25N3O5S2/c1-18-15-25-26(16-19(18)2)37-28(29-25)31(17-23-5-4-14-36-23)27(32)20-6-8-21(9-7-20)30-38(33,34)24-12-10-22(35-3)11-13-24/h4-16,30H,17H2,1-3H3. The van der Waals surface area contributed by atoms with Crippen LogP contribution < -0.4 is 14.4 Å². The Kier molecular flexibility index (Phi) is 6.92. The van der Waals surface area contributed by atoms with Crippen LogP contribution in [0.5, 0.6) is 5.75 Å². The molecule has 38 heavy (non-hydrogen) atoms. The van der Waals surface area contributed by atoms with E-state index in [9.17, 15) is 13.2 Å². The van der Waals surface area contributed by atoms with Gasteiger partial charge < -0.3 is 9.15 Å². The largest absolute Gasteiger partial charge is 0.497 e. The van der Waals surface area contributed by atoms with Crippen molar-refractivity contribution in [2.45, 2.75) is 25.3 Å². The molecule has 0 aliphatic rings. The molecule has 0 atom stereocenters. The number of thiazole rings is 1. The molecule has 3 aromatic carbocycles. The molecule has 10 heteroatoms. The van der Waals surface area contributed by atoms with Gasteiger partial charge in [-0.25, -0.2) is 13.4 Å². The first kappa shape index (κ1) is 25.5. The van der Waals surface area contributed by atoms with Gasteiger partial charge in [0.25, 0.3) is 15.9 Å². The number of carbonyl (C=O) groups excluding carboxylic acids is 1. The third-order valence-corrected chi connectivity index (χ3v) is 8.55. The molecule has 0 aliphatic carbocycles. The summed E-state index contributed by atoms with van der Waals surface area (Å²) in [5.41, 5.74) is 3.83. The second-order valence-corrected chi connectivity index (χ2v) is 11.4. The molecule has 0 unspecified atom stereocenters. The number of aromatic nitrogens is 1. The molecular weight excluding hydrogens is 522 g/mol. The maximum Gasteiger partial charge on any atom is 0.261 e. The van der Waals surface area contributed by atoms with Crippen LogP contribution in [-0.4, -0.2) is 26.4 Å². The molecule has 1 N–H and O–H groups in total. The summed E-state index contributed by atoms with van der Waals surface area (Å²) in [6.45, 7) is 4.28. The predicted octanol–water partition coefficient (Wildman–Crippen LogP) is 6.16. The zero-order chi connectivity index (χ0) is 26.9. The number of fused-ring (bicyclic) bond motifs is 1. The summed E-state index contributed by atoms with van der Waals surface area (Å²) in [5.74, 6) is 0.900. The van der Waals surface area contributed by atoms with E-state index in [4.69, 9.17) is 14.1 Å². The molecule has 5 aromatic rings. The van der Waals surface area contributed by atoms with E-state index in [0.29, 0.717) is 27.9 Å². The number of benzene rings is 3. The van der Waals surface area contributed by atoms with Gasteiger partial charge in [0, 0.05) is 11.3 Å². The van der Waals surface area contributed by atoms with Gasteiger partial charge in [0.2, 0.25) is 0 Å². The number of nitrogens with one attached hydrogen (secondary N) is 1. The van der Waals surface area contributed by atoms with Gasteiger partial charge in [0.1, 0.15) is 11.5 Å². The highest BCUT2D eigenvalue weighted by molar-refractivity contribution is 7.92. The number of furan rings is 1. The Morgan fingerprint density at radius 1 is 1.03 bits per heavy atom. The molecule has 0 saturated carbocycles. The van der Waals surface area contributed by atoms with Crippen molar-refractivity contribution in [1.82, 2.24) is 4.98 Å². The van der Waals surface area contributed by atoms with Crippen molar-refractivity contribution in [2.24, 2.45) is 0 Å². The number of carbonyl (C=O) groups is 1. The Hall–Kier alpha value is -4.15. The molecule has 194 valence electrons. The number of amides is 1. The fraction of sp³-hybridized carbons (Fsp3) is 0.143. The van der Waals surface area contributed by atoms with Gasteiger partial charge in [0.05, 0.1) is 35.0 Å². The average Bonchev–Trinajstić information content (AvgIpc) is 3.57. The lowest BCUT2D eigenvalue weighted by molar-refractivity contribution is 0.0983. The Morgan fingerprint density at radius 2 is 1.74 bits per heavy atom. The van der Waals surface area contributed by atoms with E-state index < -0.39 is 10.0 Å². The number of hydrogen-bond donors (Lipinski definition) is 1. The molecule has 5 rings (SSSR count). The molecule has 0 bridgehead atoms. The number of rotatable bonds is 8. The fourth-order valence-electron chi connectivity index (χ4n) is 3.87. The zero-order valence-corrected chi connectivity index (χ0v) is 22.6. The lowest BCUT2D eigenvalue weighted by Gasteiger charge is -2.19. The monoisotopic (exact) mass is 547 g/mol. The average molecular weight is 548 g/mol. The van der Waals surface area contributed by atoms with Gasteiger partial charge in [-0.3, -0.25) is 14.4 Å². The van der Waals surface area contributed by atoms with Crippen LogP contribution in [0.15, 0.2) is 88.4 Å². The number of anilines is 2. The molecule has 0 fully saturated rings. The minimum absolute atomic E-state index is 0.101. The van der Waals surface area contributed by atoms with Gasteiger partial charge >= 0.3 is 0 Å². The maximum absolute atomic E-state index is 13.7.